The van der Waals surface area contributed by atoms with Crippen LogP contribution in [0.2, 0.25) is 0 Å². The zero-order chi connectivity index (χ0) is 16.4. The van der Waals surface area contributed by atoms with Crippen molar-refractivity contribution in [3.63, 3.8) is 0 Å². The van der Waals surface area contributed by atoms with Gasteiger partial charge in [0.05, 0.1) is 12.5 Å². The molecule has 7 heteroatoms. The van der Waals surface area contributed by atoms with Crippen LogP contribution >= 0.6 is 23.4 Å². The number of amides is 2. The van der Waals surface area contributed by atoms with Crippen molar-refractivity contribution in [2.24, 2.45) is 0 Å². The van der Waals surface area contributed by atoms with Crippen molar-refractivity contribution in [2.45, 2.75) is 18.3 Å². The standard InChI is InChI=1S/C15H18ClN3O2S/c1-22-10-13(15(21)18-7-3-6-17)19-14(20)12-5-2-4-11(8-12)9-16/h2,4-5,8,13H,3,7,9-10H2,1H3,(H,18,21)(H,19,20). The van der Waals surface area contributed by atoms with Crippen molar-refractivity contribution in [2.75, 3.05) is 18.6 Å². The van der Waals surface area contributed by atoms with Crippen LogP contribution in [-0.2, 0) is 10.7 Å². The van der Waals surface area contributed by atoms with Crippen LogP contribution in [-0.4, -0.2) is 36.4 Å². The molecule has 2 amide bonds. The minimum atomic E-state index is -0.638. The van der Waals surface area contributed by atoms with E-state index in [1.54, 1.807) is 18.2 Å². The molecule has 0 aromatic heterocycles. The second-order valence-corrected chi connectivity index (χ2v) is 5.69. The molecule has 1 aromatic carbocycles. The molecule has 0 aliphatic rings. The SMILES string of the molecule is CSCC(NC(=O)c1cccc(CCl)c1)C(=O)NCCC#N. The van der Waals surface area contributed by atoms with Crippen LogP contribution in [0.4, 0.5) is 0 Å². The Balaban J connectivity index is 2.70. The molecule has 1 aromatic rings. The summed E-state index contributed by atoms with van der Waals surface area (Å²) in [5.41, 5.74) is 1.31. The van der Waals surface area contributed by atoms with E-state index in [0.717, 1.165) is 5.56 Å². The monoisotopic (exact) mass is 339 g/mol. The molecule has 118 valence electrons. The van der Waals surface area contributed by atoms with Gasteiger partial charge in [0, 0.05) is 23.7 Å². The summed E-state index contributed by atoms with van der Waals surface area (Å²) in [4.78, 5) is 24.3. The minimum absolute atomic E-state index is 0.240. The molecule has 0 fully saturated rings. The first-order valence-electron chi connectivity index (χ1n) is 6.71. The highest BCUT2D eigenvalue weighted by Crippen LogP contribution is 2.08. The van der Waals surface area contributed by atoms with Gasteiger partial charge in [0.15, 0.2) is 0 Å². The molecule has 1 rings (SSSR count). The second-order valence-electron chi connectivity index (χ2n) is 4.51. The Morgan fingerprint density at radius 1 is 1.45 bits per heavy atom. The first-order chi connectivity index (χ1) is 10.6. The summed E-state index contributed by atoms with van der Waals surface area (Å²) >= 11 is 7.22. The van der Waals surface area contributed by atoms with Gasteiger partial charge in [-0.25, -0.2) is 0 Å². The molecule has 0 bridgehead atoms. The first kappa shape index (κ1) is 18.3. The highest BCUT2D eigenvalue weighted by atomic mass is 35.5. The third-order valence-electron chi connectivity index (χ3n) is 2.83. The van der Waals surface area contributed by atoms with Crippen LogP contribution in [0, 0.1) is 11.3 Å². The smallest absolute Gasteiger partial charge is 0.251 e. The summed E-state index contributed by atoms with van der Waals surface area (Å²) in [6.45, 7) is 0.276. The van der Waals surface area contributed by atoms with Gasteiger partial charge in [-0.15, -0.1) is 11.6 Å². The highest BCUT2D eigenvalue weighted by molar-refractivity contribution is 7.98. The molecule has 0 radical (unpaired) electrons. The van der Waals surface area contributed by atoms with Gasteiger partial charge in [-0.3, -0.25) is 9.59 Å². The summed E-state index contributed by atoms with van der Waals surface area (Å²) in [7, 11) is 0. The van der Waals surface area contributed by atoms with Gasteiger partial charge >= 0.3 is 0 Å². The molecule has 22 heavy (non-hydrogen) atoms. The molecular weight excluding hydrogens is 322 g/mol. The van der Waals surface area contributed by atoms with Crippen LogP contribution in [0.25, 0.3) is 0 Å². The molecular formula is C15H18ClN3O2S. The van der Waals surface area contributed by atoms with Gasteiger partial charge in [0.1, 0.15) is 6.04 Å². The topological polar surface area (TPSA) is 82.0 Å². The Bertz CT molecular complexity index is 560. The van der Waals surface area contributed by atoms with Crippen molar-refractivity contribution in [1.29, 1.82) is 5.26 Å². The summed E-state index contributed by atoms with van der Waals surface area (Å²) in [5, 5.41) is 13.8. The Morgan fingerprint density at radius 2 is 2.23 bits per heavy atom. The number of carbonyl (C=O) groups is 2. The zero-order valence-corrected chi connectivity index (χ0v) is 13.8. The second kappa shape index (κ2) is 10.1. The number of nitrogens with zero attached hydrogens (tertiary/aromatic N) is 1. The minimum Gasteiger partial charge on any atom is -0.353 e. The Hall–Kier alpha value is -1.71. The largest absolute Gasteiger partial charge is 0.353 e. The molecule has 1 atom stereocenters. The maximum absolute atomic E-state index is 12.2. The number of benzene rings is 1. The molecule has 5 nitrogen and oxygen atoms in total. The summed E-state index contributed by atoms with van der Waals surface area (Å²) in [6.07, 6.45) is 2.10. The fourth-order valence-electron chi connectivity index (χ4n) is 1.75. The van der Waals surface area contributed by atoms with Crippen LogP contribution in [0.5, 0.6) is 0 Å². The van der Waals surface area contributed by atoms with E-state index >= 15 is 0 Å². The molecule has 0 heterocycles. The quantitative estimate of drug-likeness (QED) is 0.560. The van der Waals surface area contributed by atoms with E-state index in [-0.39, 0.29) is 24.8 Å². The molecule has 0 aliphatic carbocycles. The average molecular weight is 340 g/mol. The van der Waals surface area contributed by atoms with Crippen molar-refractivity contribution in [1.82, 2.24) is 10.6 Å². The number of nitriles is 1. The van der Waals surface area contributed by atoms with Crippen molar-refractivity contribution < 1.29 is 9.59 Å². The van der Waals surface area contributed by atoms with E-state index in [4.69, 9.17) is 16.9 Å². The zero-order valence-electron chi connectivity index (χ0n) is 12.3. The molecule has 0 aliphatic heterocycles. The van der Waals surface area contributed by atoms with E-state index in [1.807, 2.05) is 18.4 Å². The maximum Gasteiger partial charge on any atom is 0.251 e. The van der Waals surface area contributed by atoms with Gasteiger partial charge in [-0.1, -0.05) is 12.1 Å². The van der Waals surface area contributed by atoms with Gasteiger partial charge < -0.3 is 10.6 Å². The maximum atomic E-state index is 12.2. The predicted molar refractivity (Wildman–Crippen MR) is 88.9 cm³/mol. The lowest BCUT2D eigenvalue weighted by molar-refractivity contribution is -0.122. The van der Waals surface area contributed by atoms with Crippen LogP contribution in [0.15, 0.2) is 24.3 Å². The van der Waals surface area contributed by atoms with Crippen LogP contribution in [0.1, 0.15) is 22.3 Å². The number of halogens is 1. The van der Waals surface area contributed by atoms with Crippen molar-refractivity contribution in [3.05, 3.63) is 35.4 Å². The number of hydrogen-bond donors (Lipinski definition) is 2. The number of carbonyl (C=O) groups excluding carboxylic acids is 2. The third kappa shape index (κ3) is 5.96. The predicted octanol–water partition coefficient (Wildman–Crippen LogP) is 1.92. The average Bonchev–Trinajstić information content (AvgIpc) is 2.54. The normalized spacial score (nSPS) is 11.3. The number of hydrogen-bond acceptors (Lipinski definition) is 4. The Morgan fingerprint density at radius 3 is 2.86 bits per heavy atom. The summed E-state index contributed by atoms with van der Waals surface area (Å²) in [5.74, 6) is 0.177. The molecule has 1 unspecified atom stereocenters. The van der Waals surface area contributed by atoms with Crippen molar-refractivity contribution >= 4 is 35.2 Å². The number of nitrogens with one attached hydrogen (secondary N) is 2. The highest BCUT2D eigenvalue weighted by Gasteiger charge is 2.20. The number of rotatable bonds is 8. The number of thioether (sulfide) groups is 1. The Labute approximate surface area is 139 Å². The first-order valence-corrected chi connectivity index (χ1v) is 8.64. The molecule has 0 saturated heterocycles. The molecule has 0 saturated carbocycles. The van der Waals surface area contributed by atoms with Gasteiger partial charge in [-0.05, 0) is 24.0 Å². The van der Waals surface area contributed by atoms with Gasteiger partial charge in [0.2, 0.25) is 5.91 Å². The molecule has 2 N–H and O–H groups in total. The number of alkyl halides is 1. The van der Waals surface area contributed by atoms with E-state index in [2.05, 4.69) is 10.6 Å². The van der Waals surface area contributed by atoms with Crippen molar-refractivity contribution in [3.8, 4) is 6.07 Å². The van der Waals surface area contributed by atoms with E-state index in [0.29, 0.717) is 17.2 Å². The van der Waals surface area contributed by atoms with Gasteiger partial charge in [-0.2, -0.15) is 17.0 Å². The third-order valence-corrected chi connectivity index (χ3v) is 3.81. The Kier molecular flexibility index (Phi) is 8.41. The summed E-state index contributed by atoms with van der Waals surface area (Å²) < 4.78 is 0. The van der Waals surface area contributed by atoms with Gasteiger partial charge in [0.25, 0.3) is 5.91 Å². The van der Waals surface area contributed by atoms with E-state index in [1.165, 1.54) is 11.8 Å². The fourth-order valence-corrected chi connectivity index (χ4v) is 2.49. The van der Waals surface area contributed by atoms with Crippen LogP contribution < -0.4 is 10.6 Å². The lowest BCUT2D eigenvalue weighted by Crippen LogP contribution is -2.48. The van der Waals surface area contributed by atoms with Crippen LogP contribution in [0.3, 0.4) is 0 Å². The summed E-state index contributed by atoms with van der Waals surface area (Å²) in [6, 6.07) is 8.28. The lowest BCUT2D eigenvalue weighted by atomic mass is 10.1. The fraction of sp³-hybridized carbons (Fsp3) is 0.400. The lowest BCUT2D eigenvalue weighted by Gasteiger charge is -2.17. The van der Waals surface area contributed by atoms with E-state index < -0.39 is 6.04 Å². The molecule has 0 spiro atoms. The van der Waals surface area contributed by atoms with E-state index in [9.17, 15) is 9.59 Å².